The van der Waals surface area contributed by atoms with Crippen LogP contribution in [0.15, 0.2) is 0 Å². The van der Waals surface area contributed by atoms with Crippen LogP contribution in [0, 0.1) is 0 Å². The third kappa shape index (κ3) is 2.70. The Kier molecular flexibility index (Phi) is 3.46. The van der Waals surface area contributed by atoms with Crippen molar-refractivity contribution in [2.75, 3.05) is 13.6 Å². The first-order chi connectivity index (χ1) is 6.50. The molecule has 80 valence electrons. The number of carbonyl (C=O) groups is 2. The number of hydrogen-bond donors (Lipinski definition) is 2. The van der Waals surface area contributed by atoms with Gasteiger partial charge in [0.1, 0.15) is 0 Å². The number of likely N-dealkylation sites (N-methyl/N-ethyl adjacent to an activating group) is 1. The summed E-state index contributed by atoms with van der Waals surface area (Å²) in [7, 11) is 1.77. The lowest BCUT2D eigenvalue weighted by atomic mass is 10.0. The molecule has 3 N–H and O–H groups in total. The van der Waals surface area contributed by atoms with Gasteiger partial charge in [0.15, 0.2) is 0 Å². The van der Waals surface area contributed by atoms with Crippen LogP contribution in [0.3, 0.4) is 0 Å². The Bertz CT molecular complexity index is 242. The predicted octanol–water partition coefficient (Wildman–Crippen LogP) is -0.929. The van der Waals surface area contributed by atoms with E-state index in [1.807, 2.05) is 0 Å². The van der Waals surface area contributed by atoms with E-state index < -0.39 is 0 Å². The van der Waals surface area contributed by atoms with Gasteiger partial charge < -0.3 is 16.0 Å². The molecule has 1 aliphatic rings. The molecule has 2 unspecified atom stereocenters. The standard InChI is InChI=1S/C9H17N3O2/c1-6(9(10)14)11-7-3-4-8(13)12(2)5-7/h6-7,11H,3-5H2,1-2H3,(H2,10,14). The van der Waals surface area contributed by atoms with E-state index in [-0.39, 0.29) is 23.9 Å². The lowest BCUT2D eigenvalue weighted by Gasteiger charge is -2.31. The van der Waals surface area contributed by atoms with E-state index in [2.05, 4.69) is 5.32 Å². The van der Waals surface area contributed by atoms with E-state index >= 15 is 0 Å². The van der Waals surface area contributed by atoms with Crippen molar-refractivity contribution in [1.29, 1.82) is 0 Å². The number of amides is 2. The number of rotatable bonds is 3. The minimum Gasteiger partial charge on any atom is -0.368 e. The second kappa shape index (κ2) is 4.41. The first-order valence-electron chi connectivity index (χ1n) is 4.80. The molecule has 1 fully saturated rings. The van der Waals surface area contributed by atoms with Crippen molar-refractivity contribution in [2.24, 2.45) is 5.73 Å². The summed E-state index contributed by atoms with van der Waals surface area (Å²) in [6, 6.07) is -0.151. The number of likely N-dealkylation sites (tertiary alicyclic amines) is 1. The molecule has 0 aliphatic carbocycles. The van der Waals surface area contributed by atoms with Gasteiger partial charge in [-0.25, -0.2) is 0 Å². The molecular weight excluding hydrogens is 182 g/mol. The molecule has 1 aliphatic heterocycles. The Morgan fingerprint density at radius 1 is 1.71 bits per heavy atom. The number of nitrogens with one attached hydrogen (secondary N) is 1. The Labute approximate surface area is 83.6 Å². The van der Waals surface area contributed by atoms with Gasteiger partial charge in [-0.2, -0.15) is 0 Å². The molecule has 0 radical (unpaired) electrons. The van der Waals surface area contributed by atoms with E-state index in [1.165, 1.54) is 0 Å². The highest BCUT2D eigenvalue weighted by Gasteiger charge is 2.24. The second-order valence-corrected chi connectivity index (χ2v) is 3.80. The van der Waals surface area contributed by atoms with Gasteiger partial charge in [-0.05, 0) is 13.3 Å². The van der Waals surface area contributed by atoms with E-state index in [4.69, 9.17) is 5.73 Å². The zero-order valence-electron chi connectivity index (χ0n) is 8.62. The maximum atomic E-state index is 11.2. The van der Waals surface area contributed by atoms with Crippen LogP contribution in [0.1, 0.15) is 19.8 Å². The van der Waals surface area contributed by atoms with Crippen molar-refractivity contribution in [3.63, 3.8) is 0 Å². The van der Waals surface area contributed by atoms with Crippen molar-refractivity contribution < 1.29 is 9.59 Å². The zero-order valence-corrected chi connectivity index (χ0v) is 8.62. The Morgan fingerprint density at radius 3 is 2.86 bits per heavy atom. The molecule has 0 aromatic heterocycles. The number of hydrogen-bond acceptors (Lipinski definition) is 3. The average molecular weight is 199 g/mol. The summed E-state index contributed by atoms with van der Waals surface area (Å²) < 4.78 is 0. The van der Waals surface area contributed by atoms with Gasteiger partial charge in [-0.3, -0.25) is 9.59 Å². The highest BCUT2D eigenvalue weighted by atomic mass is 16.2. The van der Waals surface area contributed by atoms with Crippen molar-refractivity contribution >= 4 is 11.8 Å². The van der Waals surface area contributed by atoms with Crippen LogP contribution in [0.2, 0.25) is 0 Å². The normalized spacial score (nSPS) is 24.9. The van der Waals surface area contributed by atoms with Crippen molar-refractivity contribution in [3.05, 3.63) is 0 Å². The topological polar surface area (TPSA) is 75.4 Å². The molecule has 1 rings (SSSR count). The molecule has 0 saturated carbocycles. The number of nitrogens with two attached hydrogens (primary N) is 1. The van der Waals surface area contributed by atoms with Crippen molar-refractivity contribution in [2.45, 2.75) is 31.8 Å². The molecule has 2 atom stereocenters. The Balaban J connectivity index is 2.40. The van der Waals surface area contributed by atoms with Crippen LogP contribution in [-0.4, -0.2) is 42.4 Å². The summed E-state index contributed by atoms with van der Waals surface area (Å²) in [4.78, 5) is 23.6. The predicted molar refractivity (Wildman–Crippen MR) is 52.5 cm³/mol. The van der Waals surface area contributed by atoms with Crippen LogP contribution >= 0.6 is 0 Å². The minimum atomic E-state index is -0.357. The highest BCUT2D eigenvalue weighted by molar-refractivity contribution is 5.79. The van der Waals surface area contributed by atoms with Gasteiger partial charge in [-0.1, -0.05) is 0 Å². The van der Waals surface area contributed by atoms with E-state index in [0.29, 0.717) is 13.0 Å². The zero-order chi connectivity index (χ0) is 10.7. The Hall–Kier alpha value is -1.10. The monoisotopic (exact) mass is 199 g/mol. The van der Waals surface area contributed by atoms with E-state index in [0.717, 1.165) is 6.42 Å². The van der Waals surface area contributed by atoms with E-state index in [9.17, 15) is 9.59 Å². The smallest absolute Gasteiger partial charge is 0.234 e. The lowest BCUT2D eigenvalue weighted by Crippen LogP contribution is -2.52. The van der Waals surface area contributed by atoms with Gasteiger partial charge >= 0.3 is 0 Å². The van der Waals surface area contributed by atoms with Gasteiger partial charge in [0.2, 0.25) is 11.8 Å². The molecule has 5 heteroatoms. The molecule has 0 spiro atoms. The van der Waals surface area contributed by atoms with Crippen LogP contribution in [0.4, 0.5) is 0 Å². The molecular formula is C9H17N3O2. The molecule has 14 heavy (non-hydrogen) atoms. The SMILES string of the molecule is CC(NC1CCC(=O)N(C)C1)C(N)=O. The van der Waals surface area contributed by atoms with Crippen LogP contribution < -0.4 is 11.1 Å². The van der Waals surface area contributed by atoms with Crippen molar-refractivity contribution in [3.8, 4) is 0 Å². The van der Waals surface area contributed by atoms with Gasteiger partial charge in [0.05, 0.1) is 6.04 Å². The summed E-state index contributed by atoms with van der Waals surface area (Å²) in [6.45, 7) is 2.38. The number of primary amides is 1. The largest absolute Gasteiger partial charge is 0.368 e. The first kappa shape index (κ1) is 11.0. The fourth-order valence-electron chi connectivity index (χ4n) is 1.58. The fraction of sp³-hybridized carbons (Fsp3) is 0.778. The van der Waals surface area contributed by atoms with Gasteiger partial charge in [-0.15, -0.1) is 0 Å². The third-order valence-corrected chi connectivity index (χ3v) is 2.54. The van der Waals surface area contributed by atoms with E-state index in [1.54, 1.807) is 18.9 Å². The molecule has 1 saturated heterocycles. The summed E-state index contributed by atoms with van der Waals surface area (Å²) in [6.07, 6.45) is 1.32. The Morgan fingerprint density at radius 2 is 2.36 bits per heavy atom. The second-order valence-electron chi connectivity index (χ2n) is 3.80. The van der Waals surface area contributed by atoms with Gasteiger partial charge in [0, 0.05) is 26.1 Å². The summed E-state index contributed by atoms with van der Waals surface area (Å²) in [5.41, 5.74) is 5.13. The molecule has 0 aromatic rings. The molecule has 0 aromatic carbocycles. The van der Waals surface area contributed by atoms with Crippen LogP contribution in [0.5, 0.6) is 0 Å². The van der Waals surface area contributed by atoms with Gasteiger partial charge in [0.25, 0.3) is 0 Å². The number of nitrogens with zero attached hydrogens (tertiary/aromatic N) is 1. The summed E-state index contributed by atoms with van der Waals surface area (Å²) >= 11 is 0. The highest BCUT2D eigenvalue weighted by Crippen LogP contribution is 2.09. The average Bonchev–Trinajstić information content (AvgIpc) is 2.11. The first-order valence-corrected chi connectivity index (χ1v) is 4.80. The number of carbonyl (C=O) groups excluding carboxylic acids is 2. The molecule has 1 heterocycles. The van der Waals surface area contributed by atoms with Crippen LogP contribution in [-0.2, 0) is 9.59 Å². The lowest BCUT2D eigenvalue weighted by molar-refractivity contribution is -0.132. The number of piperidine rings is 1. The third-order valence-electron chi connectivity index (χ3n) is 2.54. The van der Waals surface area contributed by atoms with Crippen LogP contribution in [0.25, 0.3) is 0 Å². The maximum absolute atomic E-state index is 11.2. The summed E-state index contributed by atoms with van der Waals surface area (Å²) in [5.74, 6) is -0.195. The minimum absolute atomic E-state index is 0.162. The molecule has 2 amide bonds. The fourth-order valence-corrected chi connectivity index (χ4v) is 1.58. The summed E-state index contributed by atoms with van der Waals surface area (Å²) in [5, 5.41) is 3.10. The maximum Gasteiger partial charge on any atom is 0.234 e. The van der Waals surface area contributed by atoms with Crippen molar-refractivity contribution in [1.82, 2.24) is 10.2 Å². The molecule has 5 nitrogen and oxygen atoms in total. The quantitative estimate of drug-likeness (QED) is 0.616. The molecule has 0 bridgehead atoms.